The first kappa shape index (κ1) is 25.2. The summed E-state index contributed by atoms with van der Waals surface area (Å²) in [6.45, 7) is 0. The third-order valence-electron chi connectivity index (χ3n) is 6.95. The van der Waals surface area contributed by atoms with E-state index in [2.05, 4.69) is 0 Å². The van der Waals surface area contributed by atoms with Crippen LogP contribution in [0.15, 0.2) is 29.2 Å². The predicted octanol–water partition coefficient (Wildman–Crippen LogP) is 6.26. The number of carbonyl (C=O) groups is 1. The van der Waals surface area contributed by atoms with E-state index in [-0.39, 0.29) is 28.0 Å². The minimum Gasteiger partial charge on any atom is -0.504 e. The highest BCUT2D eigenvalue weighted by Gasteiger charge is 2.32. The maximum Gasteiger partial charge on any atom is 0.347 e. The lowest BCUT2D eigenvalue weighted by molar-refractivity contribution is 0.0730. The molecule has 2 aromatic carbocycles. The van der Waals surface area contributed by atoms with Gasteiger partial charge in [-0.15, -0.1) is 0 Å². The molecule has 184 valence electrons. The number of carbonyl (C=O) groups excluding carboxylic acids is 1. The standard InChI is InChI=1S/C25H29IO7S/c26-17-11-21(23(28)22(27)12-17)25(29)33-18-13-19(15-7-3-1-4-8-15)24(34(30,31)32)20(14-18)16-9-5-2-6-10-16/h11-16,27-28H,1-10H2,(H,30,31,32). The Hall–Kier alpha value is -1.85. The van der Waals surface area contributed by atoms with E-state index < -0.39 is 27.6 Å². The molecule has 2 fully saturated rings. The van der Waals surface area contributed by atoms with Crippen LogP contribution in [0, 0.1) is 3.57 Å². The summed E-state index contributed by atoms with van der Waals surface area (Å²) in [5, 5.41) is 20.1. The highest BCUT2D eigenvalue weighted by molar-refractivity contribution is 14.1. The minimum atomic E-state index is -4.49. The maximum atomic E-state index is 12.9. The second-order valence-electron chi connectivity index (χ2n) is 9.29. The van der Waals surface area contributed by atoms with E-state index in [4.69, 9.17) is 4.74 Å². The molecule has 0 unspecified atom stereocenters. The number of ether oxygens (including phenoxy) is 1. The van der Waals surface area contributed by atoms with Crippen LogP contribution in [-0.2, 0) is 10.1 Å². The van der Waals surface area contributed by atoms with E-state index in [1.54, 1.807) is 12.1 Å². The van der Waals surface area contributed by atoms with Gasteiger partial charge in [-0.05, 0) is 95.5 Å². The quantitative estimate of drug-likeness (QED) is 0.122. The molecule has 3 N–H and O–H groups in total. The number of hydrogen-bond acceptors (Lipinski definition) is 6. The van der Waals surface area contributed by atoms with Crippen molar-refractivity contribution in [3.8, 4) is 17.2 Å². The topological polar surface area (TPSA) is 121 Å². The van der Waals surface area contributed by atoms with Crippen molar-refractivity contribution in [1.29, 1.82) is 0 Å². The molecule has 0 amide bonds. The molecule has 2 saturated carbocycles. The van der Waals surface area contributed by atoms with E-state index in [0.29, 0.717) is 14.7 Å². The smallest absolute Gasteiger partial charge is 0.347 e. The maximum absolute atomic E-state index is 12.9. The Morgan fingerprint density at radius 2 is 1.35 bits per heavy atom. The summed E-state index contributed by atoms with van der Waals surface area (Å²) in [6.07, 6.45) is 9.23. The van der Waals surface area contributed by atoms with Crippen molar-refractivity contribution in [2.45, 2.75) is 80.9 Å². The zero-order valence-corrected chi connectivity index (χ0v) is 21.8. The van der Waals surface area contributed by atoms with Crippen molar-refractivity contribution < 1.29 is 32.7 Å². The molecular formula is C25H29IO7S. The van der Waals surface area contributed by atoms with Gasteiger partial charge in [0.05, 0.1) is 0 Å². The summed E-state index contributed by atoms with van der Waals surface area (Å²) in [4.78, 5) is 12.9. The van der Waals surface area contributed by atoms with Gasteiger partial charge in [0.2, 0.25) is 0 Å². The van der Waals surface area contributed by atoms with E-state index in [9.17, 15) is 28.0 Å². The van der Waals surface area contributed by atoms with Crippen molar-refractivity contribution in [2.24, 2.45) is 0 Å². The van der Waals surface area contributed by atoms with Gasteiger partial charge in [0, 0.05) is 3.57 Å². The fourth-order valence-electron chi connectivity index (χ4n) is 5.34. The number of phenolic OH excluding ortho intramolecular Hbond substituents is 2. The molecule has 0 spiro atoms. The van der Waals surface area contributed by atoms with Gasteiger partial charge in [0.1, 0.15) is 16.2 Å². The molecule has 2 aromatic rings. The summed E-state index contributed by atoms with van der Waals surface area (Å²) in [5.41, 5.74) is 0.826. The first-order valence-corrected chi connectivity index (χ1v) is 14.3. The van der Waals surface area contributed by atoms with Gasteiger partial charge in [-0.1, -0.05) is 38.5 Å². The van der Waals surface area contributed by atoms with Crippen molar-refractivity contribution in [1.82, 2.24) is 0 Å². The molecule has 9 heteroatoms. The number of phenols is 2. The highest BCUT2D eigenvalue weighted by atomic mass is 127. The Bertz CT molecular complexity index is 1140. The number of benzene rings is 2. The van der Waals surface area contributed by atoms with E-state index in [1.807, 2.05) is 22.6 Å². The van der Waals surface area contributed by atoms with Crippen molar-refractivity contribution in [2.75, 3.05) is 0 Å². The first-order valence-electron chi connectivity index (χ1n) is 11.7. The zero-order valence-electron chi connectivity index (χ0n) is 18.8. The molecule has 0 radical (unpaired) electrons. The Labute approximate surface area is 213 Å². The Balaban J connectivity index is 1.82. The van der Waals surface area contributed by atoms with E-state index in [1.165, 1.54) is 12.1 Å². The molecular weight excluding hydrogens is 571 g/mol. The van der Waals surface area contributed by atoms with Crippen LogP contribution in [0.25, 0.3) is 0 Å². The molecule has 0 atom stereocenters. The second-order valence-corrected chi connectivity index (χ2v) is 11.9. The SMILES string of the molecule is O=C(Oc1cc(C2CCCCC2)c(S(=O)(=O)O)c(C2CCCCC2)c1)c1cc(I)cc(O)c1O. The first-order chi connectivity index (χ1) is 16.1. The lowest BCUT2D eigenvalue weighted by atomic mass is 9.79. The normalized spacial score (nSPS) is 18.1. The van der Waals surface area contributed by atoms with Crippen molar-refractivity contribution >= 4 is 38.7 Å². The Morgan fingerprint density at radius 3 is 1.82 bits per heavy atom. The van der Waals surface area contributed by atoms with Crippen LogP contribution in [0.3, 0.4) is 0 Å². The van der Waals surface area contributed by atoms with E-state index >= 15 is 0 Å². The molecule has 7 nitrogen and oxygen atoms in total. The third-order valence-corrected chi connectivity index (χ3v) is 8.56. The summed E-state index contributed by atoms with van der Waals surface area (Å²) >= 11 is 1.92. The molecule has 2 aliphatic rings. The lowest BCUT2D eigenvalue weighted by Crippen LogP contribution is -2.18. The number of aromatic hydroxyl groups is 2. The second kappa shape index (κ2) is 10.4. The Morgan fingerprint density at radius 1 is 0.853 bits per heavy atom. The molecule has 0 bridgehead atoms. The zero-order chi connectivity index (χ0) is 24.5. The van der Waals surface area contributed by atoms with Crippen LogP contribution in [-0.4, -0.2) is 29.2 Å². The van der Waals surface area contributed by atoms with Gasteiger partial charge in [-0.2, -0.15) is 8.42 Å². The number of rotatable bonds is 5. The molecule has 4 rings (SSSR count). The average Bonchev–Trinajstić information content (AvgIpc) is 2.81. The molecule has 2 aliphatic carbocycles. The van der Waals surface area contributed by atoms with Crippen LogP contribution in [0.1, 0.15) is 97.5 Å². The number of hydrogen-bond donors (Lipinski definition) is 3. The van der Waals surface area contributed by atoms with Gasteiger partial charge in [0.15, 0.2) is 11.5 Å². The number of esters is 1. The predicted molar refractivity (Wildman–Crippen MR) is 135 cm³/mol. The van der Waals surface area contributed by atoms with Crippen LogP contribution in [0.5, 0.6) is 17.2 Å². The van der Waals surface area contributed by atoms with E-state index in [0.717, 1.165) is 64.2 Å². The summed E-state index contributed by atoms with van der Waals surface area (Å²) in [7, 11) is -4.49. The van der Waals surface area contributed by atoms with Gasteiger partial charge >= 0.3 is 5.97 Å². The largest absolute Gasteiger partial charge is 0.504 e. The van der Waals surface area contributed by atoms with Gasteiger partial charge in [-0.3, -0.25) is 4.55 Å². The molecule has 0 saturated heterocycles. The van der Waals surface area contributed by atoms with Crippen LogP contribution in [0.2, 0.25) is 0 Å². The molecule has 0 aliphatic heterocycles. The molecule has 34 heavy (non-hydrogen) atoms. The highest BCUT2D eigenvalue weighted by Crippen LogP contribution is 2.44. The lowest BCUT2D eigenvalue weighted by Gasteiger charge is -2.29. The van der Waals surface area contributed by atoms with Crippen molar-refractivity contribution in [3.63, 3.8) is 0 Å². The molecule has 0 aromatic heterocycles. The summed E-state index contributed by atoms with van der Waals surface area (Å²) in [6, 6.07) is 5.84. The van der Waals surface area contributed by atoms with Crippen molar-refractivity contribution in [3.05, 3.63) is 44.5 Å². The fraction of sp³-hybridized carbons (Fsp3) is 0.480. The summed E-state index contributed by atoms with van der Waals surface area (Å²) < 4.78 is 41.7. The average molecular weight is 600 g/mol. The van der Waals surface area contributed by atoms with Gasteiger partial charge in [0.25, 0.3) is 10.1 Å². The van der Waals surface area contributed by atoms with Gasteiger partial charge in [-0.25, -0.2) is 4.79 Å². The van der Waals surface area contributed by atoms with Crippen LogP contribution < -0.4 is 4.74 Å². The minimum absolute atomic E-state index is 0.0270. The Kier molecular flexibility index (Phi) is 7.73. The third kappa shape index (κ3) is 5.52. The fourth-order valence-corrected chi connectivity index (χ4v) is 6.99. The molecule has 0 heterocycles. The van der Waals surface area contributed by atoms with Gasteiger partial charge < -0.3 is 14.9 Å². The van der Waals surface area contributed by atoms with Crippen LogP contribution >= 0.6 is 22.6 Å². The monoisotopic (exact) mass is 600 g/mol. The van der Waals surface area contributed by atoms with Crippen LogP contribution in [0.4, 0.5) is 0 Å². The number of halogens is 1. The summed E-state index contributed by atoms with van der Waals surface area (Å²) in [5.74, 6) is -1.78.